The summed E-state index contributed by atoms with van der Waals surface area (Å²) >= 11 is 6.37. The number of benzene rings is 3. The Kier molecular flexibility index (Phi) is 8.63. The van der Waals surface area contributed by atoms with Gasteiger partial charge in [-0.15, -0.1) is 5.10 Å². The van der Waals surface area contributed by atoms with Crippen LogP contribution in [0, 0.1) is 11.6 Å². The molecule has 0 spiro atoms. The molecule has 5 rings (SSSR count). The number of ether oxygens (including phenoxy) is 2. The van der Waals surface area contributed by atoms with Gasteiger partial charge in [0.25, 0.3) is 0 Å². The van der Waals surface area contributed by atoms with Crippen LogP contribution in [-0.4, -0.2) is 37.0 Å². The van der Waals surface area contributed by atoms with Gasteiger partial charge in [-0.05, 0) is 79.9 Å². The maximum absolute atomic E-state index is 14.0. The topological polar surface area (TPSA) is 66.7 Å². The van der Waals surface area contributed by atoms with Gasteiger partial charge in [0.2, 0.25) is 5.90 Å². The molecule has 3 aromatic carbocycles. The molecular weight excluding hydrogens is 571 g/mol. The zero-order valence-electron chi connectivity index (χ0n) is 21.3. The SMILES string of the molecule is CCN1\C(=C/C=N/N=C(\O)c2cccc3c2OCCO3)C(C)(Cc2ccc(F)c(F)c2)c2cc(Cl)ccc21.[Co]. The Morgan fingerprint density at radius 2 is 1.90 bits per heavy atom. The Bertz CT molecular complexity index is 1480. The van der Waals surface area contributed by atoms with E-state index >= 15 is 0 Å². The number of para-hydroxylation sites is 1. The number of aliphatic hydroxyl groups is 1. The van der Waals surface area contributed by atoms with Crippen LogP contribution in [0.3, 0.4) is 0 Å². The number of halogens is 3. The molecule has 39 heavy (non-hydrogen) atoms. The van der Waals surface area contributed by atoms with Gasteiger partial charge in [-0.2, -0.15) is 5.10 Å². The Balaban J connectivity index is 0.00000353. The van der Waals surface area contributed by atoms with Gasteiger partial charge in [0, 0.05) is 45.1 Å². The Morgan fingerprint density at radius 1 is 1.10 bits per heavy atom. The molecule has 0 bridgehead atoms. The van der Waals surface area contributed by atoms with Crippen molar-refractivity contribution >= 4 is 29.4 Å². The van der Waals surface area contributed by atoms with Crippen LogP contribution in [0.1, 0.15) is 30.5 Å². The smallest absolute Gasteiger partial charge is 0.242 e. The largest absolute Gasteiger partial charge is 0.492 e. The minimum Gasteiger partial charge on any atom is -0.492 e. The van der Waals surface area contributed by atoms with Gasteiger partial charge in [-0.3, -0.25) is 0 Å². The van der Waals surface area contributed by atoms with Crippen molar-refractivity contribution < 1.29 is 40.1 Å². The second kappa shape index (κ2) is 11.8. The fourth-order valence-electron chi connectivity index (χ4n) is 5.11. The normalized spacial score (nSPS) is 19.4. The number of rotatable bonds is 6. The van der Waals surface area contributed by atoms with Crippen molar-refractivity contribution in [3.63, 3.8) is 0 Å². The van der Waals surface area contributed by atoms with E-state index in [-0.39, 0.29) is 22.7 Å². The Morgan fingerprint density at radius 3 is 2.67 bits per heavy atom. The van der Waals surface area contributed by atoms with Gasteiger partial charge < -0.3 is 19.5 Å². The number of likely N-dealkylation sites (N-methyl/N-ethyl adjacent to an activating group) is 1. The average Bonchev–Trinajstić information content (AvgIpc) is 3.14. The number of fused-ring (bicyclic) bond motifs is 2. The van der Waals surface area contributed by atoms with E-state index in [2.05, 4.69) is 15.1 Å². The molecule has 0 aliphatic carbocycles. The van der Waals surface area contributed by atoms with Gasteiger partial charge in [0.1, 0.15) is 13.2 Å². The monoisotopic (exact) mass is 596 g/mol. The number of anilines is 1. The Hall–Kier alpha value is -3.40. The van der Waals surface area contributed by atoms with Crippen LogP contribution in [0.2, 0.25) is 5.02 Å². The van der Waals surface area contributed by atoms with Crippen LogP contribution < -0.4 is 14.4 Å². The molecule has 1 N–H and O–H groups in total. The summed E-state index contributed by atoms with van der Waals surface area (Å²) in [4.78, 5) is 2.12. The first-order valence-corrected chi connectivity index (χ1v) is 12.6. The van der Waals surface area contributed by atoms with Crippen molar-refractivity contribution in [3.8, 4) is 11.5 Å². The van der Waals surface area contributed by atoms with Crippen molar-refractivity contribution in [1.82, 2.24) is 0 Å². The number of allylic oxidation sites excluding steroid dienone is 2. The first kappa shape index (κ1) is 28.6. The summed E-state index contributed by atoms with van der Waals surface area (Å²) in [5, 5.41) is 19.2. The summed E-state index contributed by atoms with van der Waals surface area (Å²) in [5.41, 5.74) is 3.23. The molecule has 2 heterocycles. The molecule has 1 radical (unpaired) electrons. The summed E-state index contributed by atoms with van der Waals surface area (Å²) in [5.74, 6) is -1.12. The molecule has 3 aromatic rings. The minimum absolute atomic E-state index is 0. The molecule has 10 heteroatoms. The molecule has 2 aliphatic rings. The molecule has 6 nitrogen and oxygen atoms in total. The van der Waals surface area contributed by atoms with Crippen LogP contribution in [0.25, 0.3) is 0 Å². The van der Waals surface area contributed by atoms with E-state index in [9.17, 15) is 13.9 Å². The number of nitrogens with zero attached hydrogens (tertiary/aromatic N) is 3. The summed E-state index contributed by atoms with van der Waals surface area (Å²) < 4.78 is 38.9. The predicted octanol–water partition coefficient (Wildman–Crippen LogP) is 6.60. The van der Waals surface area contributed by atoms with Crippen LogP contribution in [0.15, 0.2) is 76.6 Å². The van der Waals surface area contributed by atoms with Crippen LogP contribution in [-0.2, 0) is 28.6 Å². The zero-order valence-corrected chi connectivity index (χ0v) is 23.0. The van der Waals surface area contributed by atoms with E-state index in [1.807, 2.05) is 38.1 Å². The molecular formula is C29H26ClCoF2N3O3. The van der Waals surface area contributed by atoms with Gasteiger partial charge in [-0.1, -0.05) is 23.7 Å². The second-order valence-corrected chi connectivity index (χ2v) is 9.67. The standard InChI is InChI=1S/C29H26ClF2N3O3.Co/c1-3-35-24-10-8-19(30)16-21(24)29(2,17-18-7-9-22(31)23(32)15-18)26(35)11-12-33-34-28(36)20-5-4-6-25-27(20)38-14-13-37-25;/h4-12,15-16H,3,13-14,17H2,1-2H3,(H,34,36);/b26-11-,33-12+;. The van der Waals surface area contributed by atoms with Crippen LogP contribution >= 0.6 is 11.6 Å². The molecule has 0 aromatic heterocycles. The number of hydrogen-bond donors (Lipinski definition) is 1. The maximum Gasteiger partial charge on any atom is 0.242 e. The van der Waals surface area contributed by atoms with Crippen molar-refractivity contribution in [1.29, 1.82) is 0 Å². The molecule has 0 amide bonds. The van der Waals surface area contributed by atoms with E-state index in [1.54, 1.807) is 24.3 Å². The first-order valence-electron chi connectivity index (χ1n) is 12.2. The van der Waals surface area contributed by atoms with Crippen LogP contribution in [0.5, 0.6) is 11.5 Å². The quantitative estimate of drug-likeness (QED) is 0.198. The third-order valence-corrected chi connectivity index (χ3v) is 7.05. The summed E-state index contributed by atoms with van der Waals surface area (Å²) in [6, 6.07) is 14.8. The van der Waals surface area contributed by atoms with Gasteiger partial charge in [0.15, 0.2) is 23.1 Å². The van der Waals surface area contributed by atoms with Crippen molar-refractivity contribution in [3.05, 3.63) is 99.7 Å². The van der Waals surface area contributed by atoms with E-state index in [0.29, 0.717) is 53.8 Å². The molecule has 2 aliphatic heterocycles. The van der Waals surface area contributed by atoms with Crippen molar-refractivity contribution in [2.45, 2.75) is 25.7 Å². The molecule has 0 fully saturated rings. The molecule has 1 unspecified atom stereocenters. The van der Waals surface area contributed by atoms with E-state index in [1.165, 1.54) is 12.3 Å². The third-order valence-electron chi connectivity index (χ3n) is 6.82. The van der Waals surface area contributed by atoms with Gasteiger partial charge in [-0.25, -0.2) is 8.78 Å². The predicted molar refractivity (Wildman–Crippen MR) is 145 cm³/mol. The molecule has 205 valence electrons. The van der Waals surface area contributed by atoms with E-state index < -0.39 is 17.0 Å². The summed E-state index contributed by atoms with van der Waals surface area (Å²) in [6.07, 6.45) is 3.71. The zero-order chi connectivity index (χ0) is 26.9. The summed E-state index contributed by atoms with van der Waals surface area (Å²) in [7, 11) is 0. The van der Waals surface area contributed by atoms with E-state index in [4.69, 9.17) is 21.1 Å². The van der Waals surface area contributed by atoms with Crippen molar-refractivity contribution in [2.24, 2.45) is 10.2 Å². The average molecular weight is 597 g/mol. The van der Waals surface area contributed by atoms with Crippen molar-refractivity contribution in [2.75, 3.05) is 24.7 Å². The maximum atomic E-state index is 14.0. The van der Waals surface area contributed by atoms with E-state index in [0.717, 1.165) is 23.0 Å². The fraction of sp³-hybridized carbons (Fsp3) is 0.241. The molecule has 0 saturated heterocycles. The fourth-order valence-corrected chi connectivity index (χ4v) is 5.28. The molecule has 1 atom stereocenters. The number of aliphatic hydroxyl groups excluding tert-OH is 1. The van der Waals surface area contributed by atoms with Gasteiger partial charge in [0.05, 0.1) is 11.8 Å². The Labute approximate surface area is 240 Å². The first-order chi connectivity index (χ1) is 18.3. The van der Waals surface area contributed by atoms with Crippen LogP contribution in [0.4, 0.5) is 14.5 Å². The summed E-state index contributed by atoms with van der Waals surface area (Å²) in [6.45, 7) is 5.53. The second-order valence-electron chi connectivity index (χ2n) is 9.23. The van der Waals surface area contributed by atoms with Gasteiger partial charge >= 0.3 is 0 Å². The number of hydrogen-bond acceptors (Lipinski definition) is 5. The minimum atomic E-state index is -0.892. The third kappa shape index (κ3) is 5.52. The molecule has 0 saturated carbocycles.